The Hall–Kier alpha value is -1.65. The Morgan fingerprint density at radius 3 is 2.91 bits per heavy atom. The van der Waals surface area contributed by atoms with Crippen LogP contribution in [0.2, 0.25) is 0 Å². The number of morpholine rings is 1. The van der Waals surface area contributed by atoms with Crippen LogP contribution < -0.4 is 5.32 Å². The molecule has 2 fully saturated rings. The minimum Gasteiger partial charge on any atom is -0.379 e. The van der Waals surface area contributed by atoms with Crippen LogP contribution in [0.25, 0.3) is 0 Å². The molecular weight excluding hydrogens is 278 g/mol. The lowest BCUT2D eigenvalue weighted by Gasteiger charge is -2.26. The molecule has 2 heterocycles. The van der Waals surface area contributed by atoms with E-state index in [0.717, 1.165) is 50.7 Å². The van der Waals surface area contributed by atoms with Crippen molar-refractivity contribution in [1.82, 2.24) is 15.1 Å². The Kier molecular flexibility index (Phi) is 4.90. The maximum atomic E-state index is 12.1. The molecule has 0 aromatic carbocycles. The summed E-state index contributed by atoms with van der Waals surface area (Å²) in [5, 5.41) is 3.18. The molecule has 1 atom stereocenters. The van der Waals surface area contributed by atoms with Gasteiger partial charge in [0.25, 0.3) is 0 Å². The van der Waals surface area contributed by atoms with Crippen molar-refractivity contribution < 1.29 is 9.53 Å². The predicted octanol–water partition coefficient (Wildman–Crippen LogP) is 0.674. The first-order valence-electron chi connectivity index (χ1n) is 7.88. The van der Waals surface area contributed by atoms with Gasteiger partial charge in [-0.1, -0.05) is 0 Å². The summed E-state index contributed by atoms with van der Waals surface area (Å²) in [5.74, 6) is 0.181. The van der Waals surface area contributed by atoms with Crippen molar-refractivity contribution >= 4 is 5.91 Å². The second kappa shape index (κ2) is 7.07. The number of nitrogens with one attached hydrogen (secondary N) is 1. The summed E-state index contributed by atoms with van der Waals surface area (Å²) in [6, 6.07) is 0.245. The summed E-state index contributed by atoms with van der Waals surface area (Å²) in [6.45, 7) is 5.15. The van der Waals surface area contributed by atoms with E-state index in [0.29, 0.717) is 6.42 Å². The maximum Gasteiger partial charge on any atom is 0.228 e. The van der Waals surface area contributed by atoms with E-state index < -0.39 is 0 Å². The van der Waals surface area contributed by atoms with Gasteiger partial charge in [0.2, 0.25) is 5.91 Å². The number of carbonyl (C=O) groups is 1. The van der Waals surface area contributed by atoms with Gasteiger partial charge < -0.3 is 15.0 Å². The summed E-state index contributed by atoms with van der Waals surface area (Å²) >= 11 is 0. The van der Waals surface area contributed by atoms with Crippen LogP contribution in [0.1, 0.15) is 6.42 Å². The van der Waals surface area contributed by atoms with E-state index >= 15 is 0 Å². The zero-order valence-electron chi connectivity index (χ0n) is 13.0. The fraction of sp³-hybridized carbons (Fsp3) is 0.529. The first kappa shape index (κ1) is 15.3. The number of hydrogen-bond donors (Lipinski definition) is 1. The lowest BCUT2D eigenvalue weighted by Crippen LogP contribution is -2.37. The average molecular weight is 301 g/mol. The number of allylic oxidation sites excluding steroid dienone is 2. The van der Waals surface area contributed by atoms with E-state index in [2.05, 4.69) is 22.0 Å². The lowest BCUT2D eigenvalue weighted by atomic mass is 10.2. The van der Waals surface area contributed by atoms with Crippen LogP contribution in [0.4, 0.5) is 0 Å². The van der Waals surface area contributed by atoms with Crippen LogP contribution in [-0.4, -0.2) is 68.2 Å². The van der Waals surface area contributed by atoms with Crippen LogP contribution in [0, 0.1) is 0 Å². The fourth-order valence-corrected chi connectivity index (χ4v) is 2.95. The highest BCUT2D eigenvalue weighted by Crippen LogP contribution is 2.20. The monoisotopic (exact) mass is 301 g/mol. The summed E-state index contributed by atoms with van der Waals surface area (Å²) in [4.78, 5) is 16.3. The minimum absolute atomic E-state index is 0.181. The number of ether oxygens (including phenoxy) is 1. The van der Waals surface area contributed by atoms with Crippen molar-refractivity contribution in [3.63, 3.8) is 0 Å². The summed E-state index contributed by atoms with van der Waals surface area (Å²) in [5.41, 5.74) is 5.41. The Bertz CT molecular complexity index is 552. The summed E-state index contributed by atoms with van der Waals surface area (Å²) in [7, 11) is 1.90. The topological polar surface area (TPSA) is 44.8 Å². The molecule has 5 nitrogen and oxygen atoms in total. The molecule has 2 saturated heterocycles. The van der Waals surface area contributed by atoms with Crippen LogP contribution in [0.5, 0.6) is 0 Å². The van der Waals surface area contributed by atoms with Crippen molar-refractivity contribution in [2.45, 2.75) is 12.5 Å². The SMILES string of the molecule is CNC1CC(=O)N(C2=CC=C=C(CN3CCOCC3)C=C2)C1. The zero-order chi connectivity index (χ0) is 15.4. The number of rotatable bonds is 4. The van der Waals surface area contributed by atoms with Gasteiger partial charge in [-0.05, 0) is 31.4 Å². The van der Waals surface area contributed by atoms with E-state index in [4.69, 9.17) is 4.74 Å². The van der Waals surface area contributed by atoms with Crippen molar-refractivity contribution in [3.8, 4) is 0 Å². The van der Waals surface area contributed by atoms with E-state index in [9.17, 15) is 4.79 Å². The third kappa shape index (κ3) is 3.57. The van der Waals surface area contributed by atoms with Crippen molar-refractivity contribution in [3.05, 3.63) is 41.3 Å². The van der Waals surface area contributed by atoms with E-state index in [1.54, 1.807) is 0 Å². The molecule has 0 aromatic rings. The van der Waals surface area contributed by atoms with E-state index in [1.165, 1.54) is 0 Å². The first-order valence-corrected chi connectivity index (χ1v) is 7.88. The van der Waals surface area contributed by atoms with Crippen LogP contribution in [0.15, 0.2) is 41.3 Å². The molecule has 3 rings (SSSR count). The Morgan fingerprint density at radius 1 is 1.36 bits per heavy atom. The molecule has 0 radical (unpaired) electrons. The molecule has 3 aliphatic rings. The van der Waals surface area contributed by atoms with Gasteiger partial charge in [0, 0.05) is 49.9 Å². The fourth-order valence-electron chi connectivity index (χ4n) is 2.95. The van der Waals surface area contributed by atoms with Crippen LogP contribution in [-0.2, 0) is 9.53 Å². The quantitative estimate of drug-likeness (QED) is 0.776. The number of hydrogen-bond acceptors (Lipinski definition) is 4. The zero-order valence-corrected chi connectivity index (χ0v) is 13.0. The Balaban J connectivity index is 1.62. The summed E-state index contributed by atoms with van der Waals surface area (Å²) in [6.07, 6.45) is 8.57. The van der Waals surface area contributed by atoms with Crippen LogP contribution >= 0.6 is 0 Å². The van der Waals surface area contributed by atoms with Gasteiger partial charge in [-0.3, -0.25) is 9.69 Å². The second-order valence-corrected chi connectivity index (χ2v) is 5.84. The maximum absolute atomic E-state index is 12.1. The molecule has 0 spiro atoms. The minimum atomic E-state index is 0.181. The summed E-state index contributed by atoms with van der Waals surface area (Å²) < 4.78 is 5.37. The van der Waals surface area contributed by atoms with Crippen molar-refractivity contribution in [2.75, 3.05) is 46.4 Å². The lowest BCUT2D eigenvalue weighted by molar-refractivity contribution is -0.125. The van der Waals surface area contributed by atoms with Crippen molar-refractivity contribution in [2.24, 2.45) is 0 Å². The molecule has 0 aromatic heterocycles. The normalized spacial score (nSPS) is 26.1. The number of likely N-dealkylation sites (N-methyl/N-ethyl adjacent to an activating group) is 1. The molecular formula is C17H23N3O2. The molecule has 1 N–H and O–H groups in total. The third-order valence-electron chi connectivity index (χ3n) is 4.32. The van der Waals surface area contributed by atoms with E-state index in [1.807, 2.05) is 30.2 Å². The second-order valence-electron chi connectivity index (χ2n) is 5.84. The highest BCUT2D eigenvalue weighted by Gasteiger charge is 2.29. The predicted molar refractivity (Wildman–Crippen MR) is 85.3 cm³/mol. The van der Waals surface area contributed by atoms with Gasteiger partial charge in [0.05, 0.1) is 13.2 Å². The number of amides is 1. The van der Waals surface area contributed by atoms with Gasteiger partial charge in [0.1, 0.15) is 0 Å². The highest BCUT2D eigenvalue weighted by molar-refractivity contribution is 5.81. The van der Waals surface area contributed by atoms with Crippen molar-refractivity contribution in [1.29, 1.82) is 0 Å². The highest BCUT2D eigenvalue weighted by atomic mass is 16.5. The van der Waals surface area contributed by atoms with Gasteiger partial charge in [-0.2, -0.15) is 0 Å². The van der Waals surface area contributed by atoms with Gasteiger partial charge in [0.15, 0.2) is 0 Å². The molecule has 1 unspecified atom stereocenters. The molecule has 2 aliphatic heterocycles. The molecule has 1 aliphatic carbocycles. The van der Waals surface area contributed by atoms with E-state index in [-0.39, 0.29) is 11.9 Å². The number of likely N-dealkylation sites (tertiary alicyclic amines) is 1. The molecule has 0 bridgehead atoms. The standard InChI is InChI=1S/C17H23N3O2/c1-18-15-11-17(21)20(13-15)16-4-2-3-14(5-6-16)12-19-7-9-22-10-8-19/h2,4-6,15,18H,7-13H2,1H3. The first-order chi connectivity index (χ1) is 10.8. The molecule has 1 amide bonds. The molecule has 22 heavy (non-hydrogen) atoms. The largest absolute Gasteiger partial charge is 0.379 e. The van der Waals surface area contributed by atoms with Gasteiger partial charge >= 0.3 is 0 Å². The number of carbonyl (C=O) groups excluding carboxylic acids is 1. The molecule has 118 valence electrons. The Labute approximate surface area is 131 Å². The molecule has 0 saturated carbocycles. The third-order valence-corrected chi connectivity index (χ3v) is 4.32. The van der Waals surface area contributed by atoms with Crippen LogP contribution in [0.3, 0.4) is 0 Å². The smallest absolute Gasteiger partial charge is 0.228 e. The average Bonchev–Trinajstić information content (AvgIpc) is 2.77. The Morgan fingerprint density at radius 2 is 2.18 bits per heavy atom. The number of nitrogens with zero attached hydrogens (tertiary/aromatic N) is 2. The molecule has 5 heteroatoms. The van der Waals surface area contributed by atoms with Gasteiger partial charge in [-0.25, -0.2) is 0 Å². The van der Waals surface area contributed by atoms with Gasteiger partial charge in [-0.15, -0.1) is 5.73 Å².